The van der Waals surface area contributed by atoms with E-state index in [9.17, 15) is 13.2 Å². The average molecular weight is 362 g/mol. The molecule has 2 aromatic rings. The van der Waals surface area contributed by atoms with Crippen LogP contribution in [0.15, 0.2) is 39.9 Å². The molecule has 0 spiro atoms. The predicted molar refractivity (Wildman–Crippen MR) is 94.1 cm³/mol. The fourth-order valence-corrected chi connectivity index (χ4v) is 6.10. The second-order valence-electron chi connectivity index (χ2n) is 6.11. The Morgan fingerprint density at radius 2 is 1.83 bits per heavy atom. The first kappa shape index (κ1) is 15.7. The van der Waals surface area contributed by atoms with Crippen molar-refractivity contribution in [3.63, 3.8) is 0 Å². The summed E-state index contributed by atoms with van der Waals surface area (Å²) in [5.74, 6) is -0.0629. The van der Waals surface area contributed by atoms with Gasteiger partial charge in [0.25, 0.3) is 15.9 Å². The first-order valence-electron chi connectivity index (χ1n) is 8.06. The van der Waals surface area contributed by atoms with Crippen LogP contribution in [0.4, 0.5) is 5.69 Å². The molecule has 4 rings (SSSR count). The van der Waals surface area contributed by atoms with Crippen molar-refractivity contribution in [2.24, 2.45) is 0 Å². The Labute approximate surface area is 145 Å². The first-order chi connectivity index (χ1) is 11.6. The lowest BCUT2D eigenvalue weighted by Gasteiger charge is -2.18. The normalized spacial score (nSPS) is 17.3. The molecular weight excluding hydrogens is 344 g/mol. The Morgan fingerprint density at radius 1 is 1.08 bits per heavy atom. The fourth-order valence-electron chi connectivity index (χ4n) is 3.33. The Hall–Kier alpha value is -1.86. The largest absolute Gasteiger partial charge is 0.339 e. The van der Waals surface area contributed by atoms with Crippen molar-refractivity contribution in [3.05, 3.63) is 46.8 Å². The van der Waals surface area contributed by atoms with Crippen LogP contribution in [0, 0.1) is 0 Å². The zero-order valence-corrected chi connectivity index (χ0v) is 14.8. The number of amides is 1. The number of likely N-dealkylation sites (tertiary alicyclic amines) is 1. The number of carbonyl (C=O) groups is 1. The van der Waals surface area contributed by atoms with Crippen molar-refractivity contribution < 1.29 is 13.2 Å². The summed E-state index contributed by atoms with van der Waals surface area (Å²) in [7, 11) is -3.61. The minimum absolute atomic E-state index is 0.0629. The van der Waals surface area contributed by atoms with Crippen molar-refractivity contribution in [2.75, 3.05) is 23.9 Å². The lowest BCUT2D eigenvalue weighted by Crippen LogP contribution is -2.29. The number of hydrogen-bond donors (Lipinski definition) is 0. The van der Waals surface area contributed by atoms with Gasteiger partial charge in [0.05, 0.1) is 11.3 Å². The van der Waals surface area contributed by atoms with E-state index < -0.39 is 10.0 Å². The summed E-state index contributed by atoms with van der Waals surface area (Å²) in [6.07, 6.45) is 2.76. The summed E-state index contributed by atoms with van der Waals surface area (Å²) in [5.41, 5.74) is 2.28. The average Bonchev–Trinajstić information content (AvgIpc) is 3.33. The lowest BCUT2D eigenvalue weighted by molar-refractivity contribution is 0.0793. The van der Waals surface area contributed by atoms with Crippen LogP contribution >= 0.6 is 11.3 Å². The number of fused-ring (bicyclic) bond motifs is 1. The standard InChI is InChI=1S/C17H18N2O3S2/c20-17(18-8-3-4-9-18)14-11-16(23-12-14)24(21,22)19-10-7-13-5-1-2-6-15(13)19/h1-2,5-6,11-12H,3-4,7-10H2. The first-order valence-corrected chi connectivity index (χ1v) is 10.4. The van der Waals surface area contributed by atoms with Gasteiger partial charge in [-0.15, -0.1) is 11.3 Å². The van der Waals surface area contributed by atoms with Crippen molar-refractivity contribution in [3.8, 4) is 0 Å². The number of sulfonamides is 1. The maximum atomic E-state index is 13.0. The number of benzene rings is 1. The van der Waals surface area contributed by atoms with Crippen LogP contribution in [0.3, 0.4) is 0 Å². The summed E-state index contributed by atoms with van der Waals surface area (Å²) >= 11 is 1.13. The van der Waals surface area contributed by atoms with E-state index in [4.69, 9.17) is 0 Å². The molecule has 1 amide bonds. The van der Waals surface area contributed by atoms with E-state index in [1.165, 1.54) is 10.4 Å². The van der Waals surface area contributed by atoms with Gasteiger partial charge in [-0.1, -0.05) is 18.2 Å². The summed E-state index contributed by atoms with van der Waals surface area (Å²) in [4.78, 5) is 14.2. The molecule has 2 aliphatic heterocycles. The maximum absolute atomic E-state index is 13.0. The van der Waals surface area contributed by atoms with E-state index in [0.29, 0.717) is 12.1 Å². The summed E-state index contributed by atoms with van der Waals surface area (Å²) in [5, 5.41) is 1.66. The van der Waals surface area contributed by atoms with Crippen molar-refractivity contribution in [1.29, 1.82) is 0 Å². The molecule has 7 heteroatoms. The second-order valence-corrected chi connectivity index (χ2v) is 9.11. The monoisotopic (exact) mass is 362 g/mol. The second kappa shape index (κ2) is 5.89. The Bertz CT molecular complexity index is 883. The molecular formula is C17H18N2O3S2. The molecule has 0 radical (unpaired) electrons. The van der Waals surface area contributed by atoms with E-state index in [0.717, 1.165) is 54.9 Å². The highest BCUT2D eigenvalue weighted by Gasteiger charge is 2.32. The topological polar surface area (TPSA) is 57.7 Å². The maximum Gasteiger partial charge on any atom is 0.273 e. The summed E-state index contributed by atoms with van der Waals surface area (Å²) in [6.45, 7) is 1.97. The van der Waals surface area contributed by atoms with Gasteiger partial charge in [0, 0.05) is 25.0 Å². The molecule has 1 saturated heterocycles. The number of rotatable bonds is 3. The molecule has 0 bridgehead atoms. The summed E-state index contributed by atoms with van der Waals surface area (Å²) < 4.78 is 27.6. The number of hydrogen-bond acceptors (Lipinski definition) is 4. The predicted octanol–water partition coefficient (Wildman–Crippen LogP) is 2.74. The molecule has 126 valence electrons. The highest BCUT2D eigenvalue weighted by Crippen LogP contribution is 2.34. The molecule has 24 heavy (non-hydrogen) atoms. The SMILES string of the molecule is O=C(c1csc(S(=O)(=O)N2CCc3ccccc32)c1)N1CCCC1. The molecule has 0 unspecified atom stereocenters. The van der Waals surface area contributed by atoms with E-state index >= 15 is 0 Å². The van der Waals surface area contributed by atoms with Crippen molar-refractivity contribution >= 4 is 33.0 Å². The third kappa shape index (κ3) is 2.52. The molecule has 3 heterocycles. The van der Waals surface area contributed by atoms with E-state index in [-0.39, 0.29) is 10.1 Å². The van der Waals surface area contributed by atoms with Gasteiger partial charge in [0.2, 0.25) is 0 Å². The van der Waals surface area contributed by atoms with Crippen LogP contribution in [0.1, 0.15) is 28.8 Å². The molecule has 1 fully saturated rings. The number of para-hydroxylation sites is 1. The highest BCUT2D eigenvalue weighted by molar-refractivity contribution is 7.94. The van der Waals surface area contributed by atoms with Crippen molar-refractivity contribution in [2.45, 2.75) is 23.5 Å². The van der Waals surface area contributed by atoms with Crippen LogP contribution in [0.2, 0.25) is 0 Å². The van der Waals surface area contributed by atoms with Gasteiger partial charge in [-0.3, -0.25) is 9.10 Å². The number of carbonyl (C=O) groups excluding carboxylic acids is 1. The molecule has 5 nitrogen and oxygen atoms in total. The fraction of sp³-hybridized carbons (Fsp3) is 0.353. The minimum Gasteiger partial charge on any atom is -0.339 e. The molecule has 1 aromatic carbocycles. The molecule has 0 N–H and O–H groups in total. The number of nitrogens with zero attached hydrogens (tertiary/aromatic N) is 2. The quantitative estimate of drug-likeness (QED) is 0.844. The molecule has 2 aliphatic rings. The van der Waals surface area contributed by atoms with E-state index in [1.807, 2.05) is 24.3 Å². The Kier molecular flexibility index (Phi) is 3.85. The van der Waals surface area contributed by atoms with Crippen LogP contribution in [0.25, 0.3) is 0 Å². The van der Waals surface area contributed by atoms with Gasteiger partial charge in [0.1, 0.15) is 4.21 Å². The van der Waals surface area contributed by atoms with Crippen LogP contribution < -0.4 is 4.31 Å². The van der Waals surface area contributed by atoms with E-state index in [2.05, 4.69) is 0 Å². The van der Waals surface area contributed by atoms with Gasteiger partial charge in [0.15, 0.2) is 0 Å². The molecule has 0 atom stereocenters. The molecule has 0 saturated carbocycles. The van der Waals surface area contributed by atoms with Gasteiger partial charge in [-0.25, -0.2) is 8.42 Å². The van der Waals surface area contributed by atoms with Gasteiger partial charge < -0.3 is 4.90 Å². The van der Waals surface area contributed by atoms with Crippen molar-refractivity contribution in [1.82, 2.24) is 4.90 Å². The van der Waals surface area contributed by atoms with E-state index in [1.54, 1.807) is 10.3 Å². The third-order valence-corrected chi connectivity index (χ3v) is 7.83. The Morgan fingerprint density at radius 3 is 2.62 bits per heavy atom. The molecule has 0 aliphatic carbocycles. The number of anilines is 1. The van der Waals surface area contributed by atoms with Gasteiger partial charge >= 0.3 is 0 Å². The number of thiophene rings is 1. The smallest absolute Gasteiger partial charge is 0.273 e. The van der Waals surface area contributed by atoms with Crippen LogP contribution in [-0.4, -0.2) is 38.9 Å². The van der Waals surface area contributed by atoms with Crippen LogP contribution in [-0.2, 0) is 16.4 Å². The lowest BCUT2D eigenvalue weighted by atomic mass is 10.2. The highest BCUT2D eigenvalue weighted by atomic mass is 32.2. The Balaban J connectivity index is 1.63. The minimum atomic E-state index is -3.61. The van der Waals surface area contributed by atoms with Gasteiger partial charge in [-0.05, 0) is 37.0 Å². The zero-order chi connectivity index (χ0) is 16.7. The third-order valence-electron chi connectivity index (χ3n) is 4.60. The molecule has 1 aromatic heterocycles. The van der Waals surface area contributed by atoms with Gasteiger partial charge in [-0.2, -0.15) is 0 Å². The zero-order valence-electron chi connectivity index (χ0n) is 13.1. The van der Waals surface area contributed by atoms with Crippen LogP contribution in [0.5, 0.6) is 0 Å². The summed E-state index contributed by atoms with van der Waals surface area (Å²) in [6, 6.07) is 9.10.